The number of nitrogens with zero attached hydrogens (tertiary/aromatic N) is 4. The molecule has 0 aliphatic heterocycles. The second-order valence-electron chi connectivity index (χ2n) is 6.09. The molecule has 1 amide bonds. The molecule has 0 unspecified atom stereocenters. The number of rotatable bonds is 7. The number of fused-ring (bicyclic) bond motifs is 1. The lowest BCUT2D eigenvalue weighted by Crippen LogP contribution is -2.20. The second-order valence-corrected chi connectivity index (χ2v) is 6.09. The zero-order valence-electron chi connectivity index (χ0n) is 15.0. The molecule has 0 saturated carbocycles. The van der Waals surface area contributed by atoms with E-state index < -0.39 is 19.2 Å². The number of halogens is 3. The van der Waals surface area contributed by atoms with Gasteiger partial charge in [0.2, 0.25) is 11.8 Å². The van der Waals surface area contributed by atoms with E-state index in [4.69, 9.17) is 4.74 Å². The Kier molecular flexibility index (Phi) is 5.76. The fourth-order valence-electron chi connectivity index (χ4n) is 2.56. The molecule has 0 saturated heterocycles. The van der Waals surface area contributed by atoms with Crippen molar-refractivity contribution >= 4 is 16.8 Å². The quantitative estimate of drug-likeness (QED) is 0.667. The second kappa shape index (κ2) is 8.24. The van der Waals surface area contributed by atoms with Gasteiger partial charge < -0.3 is 10.1 Å². The number of carbonyl (C=O) groups is 1. The van der Waals surface area contributed by atoms with Crippen molar-refractivity contribution in [3.63, 3.8) is 0 Å². The lowest BCUT2D eigenvalue weighted by atomic mass is 10.2. The number of likely N-dealkylation sites (N-methyl/N-ethyl adjacent to an activating group) is 1. The fourth-order valence-corrected chi connectivity index (χ4v) is 2.56. The first-order chi connectivity index (χ1) is 13.3. The molecule has 0 atom stereocenters. The zero-order chi connectivity index (χ0) is 20.1. The standard InChI is InChI=1S/C18H18F3N5O2/c1-22-16(27)8-15-13-11-26(25-14(13)4-6-23-15)10-12-2-3-17(24-9-12)28-7-5-18(19,20)21/h2-4,6,9,11H,5,7-8,10H2,1H3,(H,22,27). The highest BCUT2D eigenvalue weighted by Crippen LogP contribution is 2.20. The van der Waals surface area contributed by atoms with Crippen LogP contribution in [-0.2, 0) is 17.8 Å². The molecule has 28 heavy (non-hydrogen) atoms. The fraction of sp³-hybridized carbons (Fsp3) is 0.333. The third-order valence-corrected chi connectivity index (χ3v) is 3.95. The number of amides is 1. The van der Waals surface area contributed by atoms with Crippen molar-refractivity contribution in [1.29, 1.82) is 0 Å². The highest BCUT2D eigenvalue weighted by molar-refractivity contribution is 5.86. The summed E-state index contributed by atoms with van der Waals surface area (Å²) < 4.78 is 43.1. The van der Waals surface area contributed by atoms with Crippen molar-refractivity contribution in [1.82, 2.24) is 25.1 Å². The van der Waals surface area contributed by atoms with Crippen LogP contribution in [0.2, 0.25) is 0 Å². The van der Waals surface area contributed by atoms with Gasteiger partial charge in [0, 0.05) is 37.1 Å². The van der Waals surface area contributed by atoms with E-state index in [0.29, 0.717) is 17.8 Å². The third kappa shape index (κ3) is 5.18. The zero-order valence-corrected chi connectivity index (χ0v) is 15.0. The van der Waals surface area contributed by atoms with Gasteiger partial charge in [-0.2, -0.15) is 18.3 Å². The number of hydrogen-bond acceptors (Lipinski definition) is 5. The molecular weight excluding hydrogens is 375 g/mol. The predicted octanol–water partition coefficient (Wildman–Crippen LogP) is 2.49. The van der Waals surface area contributed by atoms with Gasteiger partial charge in [-0.3, -0.25) is 14.5 Å². The minimum Gasteiger partial charge on any atom is -0.477 e. The minimum absolute atomic E-state index is 0.135. The first kappa shape index (κ1) is 19.6. The lowest BCUT2D eigenvalue weighted by Gasteiger charge is -2.08. The van der Waals surface area contributed by atoms with Gasteiger partial charge in [0.05, 0.1) is 37.2 Å². The number of nitrogens with one attached hydrogen (secondary N) is 1. The topological polar surface area (TPSA) is 81.9 Å². The van der Waals surface area contributed by atoms with Gasteiger partial charge in [-0.1, -0.05) is 6.07 Å². The molecule has 3 heterocycles. The third-order valence-electron chi connectivity index (χ3n) is 3.95. The number of pyridine rings is 2. The summed E-state index contributed by atoms with van der Waals surface area (Å²) in [5.74, 6) is -0.00578. The van der Waals surface area contributed by atoms with Gasteiger partial charge in [-0.15, -0.1) is 0 Å². The van der Waals surface area contributed by atoms with Gasteiger partial charge in [0.25, 0.3) is 0 Å². The minimum atomic E-state index is -4.26. The monoisotopic (exact) mass is 393 g/mol. The molecule has 0 bridgehead atoms. The van der Waals surface area contributed by atoms with Crippen LogP contribution in [0.25, 0.3) is 10.9 Å². The van der Waals surface area contributed by atoms with Crippen molar-refractivity contribution < 1.29 is 22.7 Å². The molecule has 0 spiro atoms. The molecule has 0 fully saturated rings. The van der Waals surface area contributed by atoms with E-state index in [1.807, 2.05) is 0 Å². The van der Waals surface area contributed by atoms with Crippen molar-refractivity contribution in [3.8, 4) is 5.88 Å². The van der Waals surface area contributed by atoms with Crippen LogP contribution in [0.4, 0.5) is 13.2 Å². The highest BCUT2D eigenvalue weighted by Gasteiger charge is 2.26. The molecule has 0 aliphatic carbocycles. The molecule has 148 valence electrons. The van der Waals surface area contributed by atoms with Crippen LogP contribution in [0.15, 0.2) is 36.8 Å². The summed E-state index contributed by atoms with van der Waals surface area (Å²) in [7, 11) is 1.56. The molecule has 10 heteroatoms. The highest BCUT2D eigenvalue weighted by atomic mass is 19.4. The molecule has 7 nitrogen and oxygen atoms in total. The summed E-state index contributed by atoms with van der Waals surface area (Å²) in [5.41, 5.74) is 2.15. The molecule has 3 aromatic heterocycles. The van der Waals surface area contributed by atoms with Crippen LogP contribution in [0, 0.1) is 0 Å². The largest absolute Gasteiger partial charge is 0.477 e. The number of ether oxygens (including phenoxy) is 1. The molecule has 1 N–H and O–H groups in total. The number of alkyl halides is 3. The SMILES string of the molecule is CNC(=O)Cc1nccc2nn(Cc3ccc(OCCC(F)(F)F)nc3)cc12. The van der Waals surface area contributed by atoms with Crippen LogP contribution in [0.3, 0.4) is 0 Å². The van der Waals surface area contributed by atoms with Gasteiger partial charge in [0.15, 0.2) is 0 Å². The molecular formula is C18H18F3N5O2. The van der Waals surface area contributed by atoms with E-state index in [0.717, 1.165) is 10.9 Å². The summed E-state index contributed by atoms with van der Waals surface area (Å²) in [4.78, 5) is 19.9. The van der Waals surface area contributed by atoms with Crippen molar-refractivity contribution in [2.75, 3.05) is 13.7 Å². The number of hydrogen-bond donors (Lipinski definition) is 1. The first-order valence-corrected chi connectivity index (χ1v) is 8.50. The molecule has 0 radical (unpaired) electrons. The van der Waals surface area contributed by atoms with Gasteiger partial charge >= 0.3 is 6.18 Å². The van der Waals surface area contributed by atoms with Gasteiger partial charge in [0.1, 0.15) is 0 Å². The summed E-state index contributed by atoms with van der Waals surface area (Å²) in [6, 6.07) is 4.99. The molecule has 3 aromatic rings. The molecule has 0 aliphatic rings. The summed E-state index contributed by atoms with van der Waals surface area (Å²) in [6.45, 7) is -0.0641. The van der Waals surface area contributed by atoms with Gasteiger partial charge in [-0.25, -0.2) is 4.98 Å². The van der Waals surface area contributed by atoms with E-state index >= 15 is 0 Å². The van der Waals surface area contributed by atoms with Crippen molar-refractivity contribution in [2.24, 2.45) is 0 Å². The first-order valence-electron chi connectivity index (χ1n) is 8.50. The van der Waals surface area contributed by atoms with Crippen molar-refractivity contribution in [3.05, 3.63) is 48.0 Å². The van der Waals surface area contributed by atoms with E-state index in [1.54, 1.807) is 36.3 Å². The van der Waals surface area contributed by atoms with Crippen LogP contribution in [0.1, 0.15) is 17.7 Å². The van der Waals surface area contributed by atoms with Gasteiger partial charge in [-0.05, 0) is 11.6 Å². The Balaban J connectivity index is 1.67. The Bertz CT molecular complexity index is 954. The lowest BCUT2D eigenvalue weighted by molar-refractivity contribution is -0.139. The average Bonchev–Trinajstić information content (AvgIpc) is 3.05. The Labute approximate surface area is 158 Å². The Morgan fingerprint density at radius 1 is 1.25 bits per heavy atom. The van der Waals surface area contributed by atoms with Crippen LogP contribution in [0.5, 0.6) is 5.88 Å². The average molecular weight is 393 g/mol. The van der Waals surface area contributed by atoms with Crippen LogP contribution >= 0.6 is 0 Å². The summed E-state index contributed by atoms with van der Waals surface area (Å²) in [5, 5.41) is 7.81. The van der Waals surface area contributed by atoms with E-state index in [2.05, 4.69) is 20.4 Å². The molecule has 0 aromatic carbocycles. The maximum Gasteiger partial charge on any atom is 0.392 e. The summed E-state index contributed by atoms with van der Waals surface area (Å²) in [6.07, 6.45) is -0.193. The van der Waals surface area contributed by atoms with E-state index in [1.165, 1.54) is 12.3 Å². The molecule has 3 rings (SSSR count). The normalized spacial score (nSPS) is 11.6. The smallest absolute Gasteiger partial charge is 0.392 e. The Morgan fingerprint density at radius 2 is 2.07 bits per heavy atom. The number of carbonyl (C=O) groups excluding carboxylic acids is 1. The van der Waals surface area contributed by atoms with Crippen LogP contribution in [-0.4, -0.2) is 45.5 Å². The van der Waals surface area contributed by atoms with E-state index in [9.17, 15) is 18.0 Å². The van der Waals surface area contributed by atoms with Crippen LogP contribution < -0.4 is 10.1 Å². The maximum atomic E-state index is 12.1. The maximum absolute atomic E-state index is 12.1. The summed E-state index contributed by atoms with van der Waals surface area (Å²) >= 11 is 0. The number of aromatic nitrogens is 4. The Hall–Kier alpha value is -3.17. The van der Waals surface area contributed by atoms with Crippen molar-refractivity contribution in [2.45, 2.75) is 25.6 Å². The Morgan fingerprint density at radius 3 is 2.75 bits per heavy atom. The van der Waals surface area contributed by atoms with E-state index in [-0.39, 0.29) is 18.2 Å². The predicted molar refractivity (Wildman–Crippen MR) is 94.8 cm³/mol.